The summed E-state index contributed by atoms with van der Waals surface area (Å²) >= 11 is 0. The molecule has 0 atom stereocenters. The highest BCUT2D eigenvalue weighted by Gasteiger charge is 2.16. The quantitative estimate of drug-likeness (QED) is 0.253. The number of ether oxygens (including phenoxy) is 1. The molecular formula is C16H17ClN2O3. The second-order valence-corrected chi connectivity index (χ2v) is 4.42. The topological polar surface area (TPSA) is 62.8 Å². The number of rotatable bonds is 5. The van der Waals surface area contributed by atoms with Gasteiger partial charge in [-0.05, 0) is 13.0 Å². The summed E-state index contributed by atoms with van der Waals surface area (Å²) in [5, 5.41) is 11.8. The summed E-state index contributed by atoms with van der Waals surface area (Å²) in [5.41, 5.74) is 2.23. The number of benzene rings is 1. The summed E-state index contributed by atoms with van der Waals surface area (Å²) in [6.07, 6.45) is 3.03. The fourth-order valence-corrected chi connectivity index (χ4v) is 1.98. The molecule has 5 nitrogen and oxygen atoms in total. The van der Waals surface area contributed by atoms with Gasteiger partial charge in [-0.25, -0.2) is 4.79 Å². The monoisotopic (exact) mass is 320 g/mol. The number of carbonyl (C=O) groups is 1. The number of hydrogen-bond donors (Lipinski definition) is 1. The van der Waals surface area contributed by atoms with Crippen LogP contribution < -0.4 is 17.0 Å². The predicted molar refractivity (Wildman–Crippen MR) is 77.5 cm³/mol. The number of hydrogen-bond acceptors (Lipinski definition) is 4. The van der Waals surface area contributed by atoms with E-state index in [4.69, 9.17) is 9.94 Å². The SMILES string of the molecule is CCOC(=O)c1ccc(/C=N/O)[n+](Cc2ccccc2)c1.[Cl-]. The van der Waals surface area contributed by atoms with Crippen LogP contribution in [0.1, 0.15) is 28.5 Å². The minimum absolute atomic E-state index is 0. The molecule has 1 aromatic carbocycles. The van der Waals surface area contributed by atoms with E-state index in [1.165, 1.54) is 6.21 Å². The Morgan fingerprint density at radius 1 is 1.27 bits per heavy atom. The van der Waals surface area contributed by atoms with Crippen molar-refractivity contribution >= 4 is 12.2 Å². The van der Waals surface area contributed by atoms with Crippen molar-refractivity contribution in [2.24, 2.45) is 5.16 Å². The maximum atomic E-state index is 11.8. The lowest BCUT2D eigenvalue weighted by Crippen LogP contribution is -3.00. The predicted octanol–water partition coefficient (Wildman–Crippen LogP) is -0.989. The minimum atomic E-state index is -0.369. The van der Waals surface area contributed by atoms with Crippen molar-refractivity contribution in [3.8, 4) is 0 Å². The molecule has 6 heteroatoms. The summed E-state index contributed by atoms with van der Waals surface area (Å²) in [7, 11) is 0. The Morgan fingerprint density at radius 3 is 2.64 bits per heavy atom. The van der Waals surface area contributed by atoms with Crippen LogP contribution in [0.15, 0.2) is 53.8 Å². The molecule has 1 N–H and O–H groups in total. The zero-order valence-electron chi connectivity index (χ0n) is 12.1. The highest BCUT2D eigenvalue weighted by molar-refractivity contribution is 5.89. The van der Waals surface area contributed by atoms with E-state index in [0.29, 0.717) is 24.4 Å². The molecule has 0 saturated carbocycles. The van der Waals surface area contributed by atoms with Gasteiger partial charge in [0.25, 0.3) is 0 Å². The highest BCUT2D eigenvalue weighted by atomic mass is 35.5. The summed E-state index contributed by atoms with van der Waals surface area (Å²) in [5.74, 6) is -0.369. The van der Waals surface area contributed by atoms with Crippen molar-refractivity contribution in [3.05, 3.63) is 65.5 Å². The van der Waals surface area contributed by atoms with E-state index < -0.39 is 0 Å². The molecule has 0 unspecified atom stereocenters. The molecule has 22 heavy (non-hydrogen) atoms. The van der Waals surface area contributed by atoms with E-state index in [1.54, 1.807) is 25.3 Å². The van der Waals surface area contributed by atoms with Gasteiger partial charge >= 0.3 is 5.97 Å². The van der Waals surface area contributed by atoms with E-state index in [9.17, 15) is 4.79 Å². The largest absolute Gasteiger partial charge is 1.00 e. The lowest BCUT2D eigenvalue weighted by molar-refractivity contribution is -0.689. The third-order valence-corrected chi connectivity index (χ3v) is 2.96. The van der Waals surface area contributed by atoms with Crippen LogP contribution in [0.25, 0.3) is 0 Å². The lowest BCUT2D eigenvalue weighted by Gasteiger charge is -2.04. The Balaban J connectivity index is 0.00000242. The maximum absolute atomic E-state index is 11.8. The van der Waals surface area contributed by atoms with E-state index in [1.807, 2.05) is 34.9 Å². The van der Waals surface area contributed by atoms with Gasteiger partial charge in [0.2, 0.25) is 5.69 Å². The first kappa shape index (κ1) is 17.7. The number of pyridine rings is 1. The molecule has 0 aliphatic heterocycles. The standard InChI is InChI=1S/C16H16N2O3.ClH/c1-2-21-16(19)14-8-9-15(10-17-20)18(12-14)11-13-6-4-3-5-7-13;/h3-10,12H,2,11H2,1H3;1H. The molecule has 0 bridgehead atoms. The third kappa shape index (κ3) is 4.56. The molecule has 116 valence electrons. The smallest absolute Gasteiger partial charge is 0.344 e. The van der Waals surface area contributed by atoms with Crippen LogP contribution in [-0.2, 0) is 11.3 Å². The van der Waals surface area contributed by atoms with Gasteiger partial charge in [0.05, 0.1) is 6.61 Å². The number of nitrogens with zero attached hydrogens (tertiary/aromatic N) is 2. The van der Waals surface area contributed by atoms with Crippen molar-refractivity contribution in [1.29, 1.82) is 0 Å². The number of aromatic nitrogens is 1. The van der Waals surface area contributed by atoms with E-state index in [0.717, 1.165) is 5.56 Å². The number of oxime groups is 1. The summed E-state index contributed by atoms with van der Waals surface area (Å²) < 4.78 is 6.83. The zero-order valence-corrected chi connectivity index (χ0v) is 12.9. The Labute approximate surface area is 135 Å². The van der Waals surface area contributed by atoms with Gasteiger partial charge in [0, 0.05) is 11.6 Å². The minimum Gasteiger partial charge on any atom is -1.00 e. The number of halogens is 1. The number of esters is 1. The van der Waals surface area contributed by atoms with Gasteiger partial charge in [0.1, 0.15) is 11.8 Å². The van der Waals surface area contributed by atoms with Crippen molar-refractivity contribution in [3.63, 3.8) is 0 Å². The first-order chi connectivity index (χ1) is 10.2. The molecule has 0 fully saturated rings. The first-order valence-corrected chi connectivity index (χ1v) is 6.66. The molecule has 0 aliphatic carbocycles. The van der Waals surface area contributed by atoms with Crippen LogP contribution in [0.3, 0.4) is 0 Å². The van der Waals surface area contributed by atoms with E-state index >= 15 is 0 Å². The van der Waals surface area contributed by atoms with Crippen molar-refractivity contribution in [2.75, 3.05) is 6.61 Å². The van der Waals surface area contributed by atoms with Crippen LogP contribution in [0.2, 0.25) is 0 Å². The first-order valence-electron chi connectivity index (χ1n) is 6.66. The average Bonchev–Trinajstić information content (AvgIpc) is 2.50. The summed E-state index contributed by atoms with van der Waals surface area (Å²) in [4.78, 5) is 11.8. The van der Waals surface area contributed by atoms with Crippen molar-refractivity contribution < 1.29 is 31.7 Å². The molecule has 0 amide bonds. The highest BCUT2D eigenvalue weighted by Crippen LogP contribution is 2.03. The van der Waals surface area contributed by atoms with E-state index in [-0.39, 0.29) is 18.4 Å². The second kappa shape index (κ2) is 8.79. The Hall–Kier alpha value is -2.40. The second-order valence-electron chi connectivity index (χ2n) is 4.42. The Morgan fingerprint density at radius 2 is 2.00 bits per heavy atom. The van der Waals surface area contributed by atoms with Crippen molar-refractivity contribution in [1.82, 2.24) is 0 Å². The molecular weight excluding hydrogens is 304 g/mol. The van der Waals surface area contributed by atoms with Gasteiger partial charge < -0.3 is 22.4 Å². The van der Waals surface area contributed by atoms with Crippen LogP contribution >= 0.6 is 0 Å². The average molecular weight is 321 g/mol. The molecule has 0 saturated heterocycles. The fraction of sp³-hybridized carbons (Fsp3) is 0.188. The van der Waals surface area contributed by atoms with Crippen LogP contribution in [-0.4, -0.2) is 24.0 Å². The molecule has 1 heterocycles. The normalized spacial score (nSPS) is 10.2. The molecule has 1 aromatic heterocycles. The summed E-state index contributed by atoms with van der Waals surface area (Å²) in [6.45, 7) is 2.66. The van der Waals surface area contributed by atoms with Crippen LogP contribution in [0, 0.1) is 0 Å². The Kier molecular flexibility index (Phi) is 7.05. The summed E-state index contributed by atoms with van der Waals surface area (Å²) in [6, 6.07) is 13.2. The van der Waals surface area contributed by atoms with Gasteiger partial charge in [-0.15, -0.1) is 0 Å². The molecule has 0 aliphatic rings. The van der Waals surface area contributed by atoms with Gasteiger partial charge in [-0.1, -0.05) is 35.5 Å². The fourth-order valence-electron chi connectivity index (χ4n) is 1.98. The molecule has 2 rings (SSSR count). The van der Waals surface area contributed by atoms with Gasteiger partial charge in [-0.3, -0.25) is 0 Å². The zero-order chi connectivity index (χ0) is 15.1. The van der Waals surface area contributed by atoms with Crippen molar-refractivity contribution in [2.45, 2.75) is 13.5 Å². The van der Waals surface area contributed by atoms with Crippen LogP contribution in [0.5, 0.6) is 0 Å². The van der Waals surface area contributed by atoms with Gasteiger partial charge in [-0.2, -0.15) is 4.57 Å². The third-order valence-electron chi connectivity index (χ3n) is 2.96. The lowest BCUT2D eigenvalue weighted by atomic mass is 10.2. The Bertz CT molecular complexity index is 645. The molecule has 0 spiro atoms. The van der Waals surface area contributed by atoms with Crippen LogP contribution in [0.4, 0.5) is 0 Å². The molecule has 0 radical (unpaired) electrons. The molecule has 2 aromatic rings. The number of carbonyl (C=O) groups excluding carboxylic acids is 1. The van der Waals surface area contributed by atoms with E-state index in [2.05, 4.69) is 5.16 Å². The van der Waals surface area contributed by atoms with Gasteiger partial charge in [0.15, 0.2) is 12.7 Å². The maximum Gasteiger partial charge on any atom is 0.344 e.